The molecule has 2 heterocycles. The summed E-state index contributed by atoms with van der Waals surface area (Å²) in [7, 11) is 0. The van der Waals surface area contributed by atoms with Crippen molar-refractivity contribution >= 4 is 17.6 Å². The molecule has 0 saturated carbocycles. The average Bonchev–Trinajstić information content (AvgIpc) is 3.16. The zero-order valence-electron chi connectivity index (χ0n) is 17.1. The number of carbonyl (C=O) groups is 2. The lowest BCUT2D eigenvalue weighted by atomic mass is 9.87. The van der Waals surface area contributed by atoms with Gasteiger partial charge in [-0.3, -0.25) is 9.59 Å². The van der Waals surface area contributed by atoms with E-state index in [0.717, 1.165) is 17.7 Å². The number of nitrogens with two attached hydrogens (primary N) is 1. The van der Waals surface area contributed by atoms with E-state index in [1.54, 1.807) is 31.3 Å². The Labute approximate surface area is 181 Å². The summed E-state index contributed by atoms with van der Waals surface area (Å²) in [6, 6.07) is 8.24. The Morgan fingerprint density at radius 1 is 1.22 bits per heavy atom. The van der Waals surface area contributed by atoms with Gasteiger partial charge >= 0.3 is 0 Å². The first kappa shape index (κ1) is 21.3. The van der Waals surface area contributed by atoms with E-state index >= 15 is 0 Å². The molecule has 1 atom stereocenters. The van der Waals surface area contributed by atoms with E-state index in [-0.39, 0.29) is 30.5 Å². The monoisotopic (exact) mass is 442 g/mol. The molecule has 3 N–H and O–H groups in total. The first-order chi connectivity index (χ1) is 15.4. The Bertz CT molecular complexity index is 1190. The van der Waals surface area contributed by atoms with Crippen LogP contribution < -0.4 is 20.5 Å². The molecule has 4 rings (SSSR count). The second kappa shape index (κ2) is 8.66. The predicted molar refractivity (Wildman–Crippen MR) is 111 cm³/mol. The van der Waals surface area contributed by atoms with Crippen molar-refractivity contribution in [3.8, 4) is 17.2 Å². The summed E-state index contributed by atoms with van der Waals surface area (Å²) in [5, 5.41) is 6.95. The maximum atomic E-state index is 14.3. The zero-order valence-corrected chi connectivity index (χ0v) is 17.1. The van der Waals surface area contributed by atoms with Crippen molar-refractivity contribution in [3.05, 3.63) is 65.4 Å². The minimum Gasteiger partial charge on any atom is -0.490 e. The quantitative estimate of drug-likeness (QED) is 0.585. The molecule has 0 aliphatic carbocycles. The molecule has 8 nitrogen and oxygen atoms in total. The fraction of sp³-hybridized carbons (Fsp3) is 0.227. The molecule has 0 bridgehead atoms. The van der Waals surface area contributed by atoms with Gasteiger partial charge in [0.05, 0.1) is 12.8 Å². The van der Waals surface area contributed by atoms with Crippen LogP contribution in [-0.2, 0) is 9.59 Å². The lowest BCUT2D eigenvalue weighted by Gasteiger charge is -2.24. The number of fused-ring (bicyclic) bond motifs is 1. The lowest BCUT2D eigenvalue weighted by Crippen LogP contribution is -2.25. The molecule has 1 aromatic heterocycles. The van der Waals surface area contributed by atoms with Gasteiger partial charge in [0.2, 0.25) is 5.91 Å². The summed E-state index contributed by atoms with van der Waals surface area (Å²) >= 11 is 0. The minimum atomic E-state index is -0.804. The van der Waals surface area contributed by atoms with Gasteiger partial charge in [0.25, 0.3) is 5.91 Å². The second-order valence-corrected chi connectivity index (χ2v) is 7.16. The smallest absolute Gasteiger partial charge is 0.255 e. The molecule has 2 amide bonds. The number of hydrogen-bond acceptors (Lipinski definition) is 5. The van der Waals surface area contributed by atoms with E-state index in [4.69, 9.17) is 15.2 Å². The molecule has 1 unspecified atom stereocenters. The first-order valence-corrected chi connectivity index (χ1v) is 9.88. The molecular weight excluding hydrogens is 422 g/mol. The Balaban J connectivity index is 1.73. The Morgan fingerprint density at radius 2 is 2.03 bits per heavy atom. The molecule has 10 heteroatoms. The van der Waals surface area contributed by atoms with Crippen LogP contribution in [0.1, 0.15) is 30.4 Å². The SMILES string of the molecule is CCOc1cc(C2CC(=O)Nc3c2cnn3-c2ccc(F)cc2F)ccc1OCC(N)=O. The van der Waals surface area contributed by atoms with Gasteiger partial charge in [-0.2, -0.15) is 5.10 Å². The molecule has 0 radical (unpaired) electrons. The van der Waals surface area contributed by atoms with Crippen LogP contribution in [0.3, 0.4) is 0 Å². The molecule has 166 valence electrons. The van der Waals surface area contributed by atoms with Gasteiger partial charge in [-0.15, -0.1) is 0 Å². The number of aromatic nitrogens is 2. The molecule has 0 spiro atoms. The second-order valence-electron chi connectivity index (χ2n) is 7.16. The summed E-state index contributed by atoms with van der Waals surface area (Å²) in [6.07, 6.45) is 1.68. The summed E-state index contributed by atoms with van der Waals surface area (Å²) in [5.74, 6) is -1.75. The van der Waals surface area contributed by atoms with Crippen molar-refractivity contribution in [2.24, 2.45) is 5.73 Å². The predicted octanol–water partition coefficient (Wildman–Crippen LogP) is 2.89. The van der Waals surface area contributed by atoms with E-state index in [1.807, 2.05) is 0 Å². The van der Waals surface area contributed by atoms with E-state index < -0.39 is 17.5 Å². The number of hydrogen-bond donors (Lipinski definition) is 2. The first-order valence-electron chi connectivity index (χ1n) is 9.88. The third kappa shape index (κ3) is 4.11. The number of benzene rings is 2. The van der Waals surface area contributed by atoms with E-state index in [2.05, 4.69) is 10.4 Å². The molecule has 2 aromatic carbocycles. The number of anilines is 1. The van der Waals surface area contributed by atoms with Gasteiger partial charge in [-0.1, -0.05) is 6.07 Å². The highest BCUT2D eigenvalue weighted by atomic mass is 19.1. The van der Waals surface area contributed by atoms with Crippen LogP contribution in [0.15, 0.2) is 42.6 Å². The lowest BCUT2D eigenvalue weighted by molar-refractivity contribution is -0.120. The van der Waals surface area contributed by atoms with Crippen LogP contribution in [0, 0.1) is 11.6 Å². The highest BCUT2D eigenvalue weighted by molar-refractivity contribution is 5.94. The highest BCUT2D eigenvalue weighted by Gasteiger charge is 2.31. The fourth-order valence-electron chi connectivity index (χ4n) is 3.63. The summed E-state index contributed by atoms with van der Waals surface area (Å²) in [5.41, 5.74) is 6.57. The van der Waals surface area contributed by atoms with Crippen molar-refractivity contribution in [3.63, 3.8) is 0 Å². The zero-order chi connectivity index (χ0) is 22.8. The topological polar surface area (TPSA) is 108 Å². The van der Waals surface area contributed by atoms with Crippen LogP contribution >= 0.6 is 0 Å². The normalized spacial score (nSPS) is 15.1. The Hall–Kier alpha value is -3.95. The molecular formula is C22H20F2N4O4. The van der Waals surface area contributed by atoms with Gasteiger partial charge < -0.3 is 20.5 Å². The van der Waals surface area contributed by atoms with Crippen LogP contribution in [0.4, 0.5) is 14.6 Å². The van der Waals surface area contributed by atoms with Gasteiger partial charge in [-0.05, 0) is 36.8 Å². The van der Waals surface area contributed by atoms with Crippen LogP contribution in [0.25, 0.3) is 5.69 Å². The maximum absolute atomic E-state index is 14.3. The van der Waals surface area contributed by atoms with Crippen molar-refractivity contribution in [2.75, 3.05) is 18.5 Å². The average molecular weight is 442 g/mol. The highest BCUT2D eigenvalue weighted by Crippen LogP contribution is 2.41. The van der Waals surface area contributed by atoms with Crippen molar-refractivity contribution in [1.29, 1.82) is 0 Å². The molecule has 32 heavy (non-hydrogen) atoms. The summed E-state index contributed by atoms with van der Waals surface area (Å²) in [6.45, 7) is 1.86. The van der Waals surface area contributed by atoms with Gasteiger partial charge in [0, 0.05) is 24.0 Å². The van der Waals surface area contributed by atoms with Crippen LogP contribution in [-0.4, -0.2) is 34.8 Å². The Kier molecular flexibility index (Phi) is 5.76. The number of ether oxygens (including phenoxy) is 2. The van der Waals surface area contributed by atoms with Crippen molar-refractivity contribution in [2.45, 2.75) is 19.3 Å². The number of carbonyl (C=O) groups excluding carboxylic acids is 2. The van der Waals surface area contributed by atoms with Gasteiger partial charge in [0.15, 0.2) is 23.9 Å². The van der Waals surface area contributed by atoms with E-state index in [1.165, 1.54) is 10.7 Å². The van der Waals surface area contributed by atoms with Crippen molar-refractivity contribution in [1.82, 2.24) is 9.78 Å². The minimum absolute atomic E-state index is 0.0128. The summed E-state index contributed by atoms with van der Waals surface area (Å²) < 4.78 is 39.9. The third-order valence-electron chi connectivity index (χ3n) is 5.00. The maximum Gasteiger partial charge on any atom is 0.255 e. The fourth-order valence-corrected chi connectivity index (χ4v) is 3.63. The number of primary amides is 1. The van der Waals surface area contributed by atoms with Gasteiger partial charge in [-0.25, -0.2) is 13.5 Å². The number of nitrogens with one attached hydrogen (secondary N) is 1. The number of rotatable bonds is 7. The standard InChI is InChI=1S/C22H20F2N4O4/c1-2-31-19-7-12(3-6-18(19)32-11-20(25)29)14-9-21(30)27-22-15(14)10-26-28(22)17-5-4-13(23)8-16(17)24/h3-8,10,14H,2,9,11H2,1H3,(H2,25,29)(H,27,30). The van der Waals surface area contributed by atoms with Crippen LogP contribution in [0.5, 0.6) is 11.5 Å². The number of amides is 2. The van der Waals surface area contributed by atoms with Crippen molar-refractivity contribution < 1.29 is 27.8 Å². The molecule has 3 aromatic rings. The molecule has 0 fully saturated rings. The Morgan fingerprint density at radius 3 is 2.75 bits per heavy atom. The third-order valence-corrected chi connectivity index (χ3v) is 5.00. The van der Waals surface area contributed by atoms with Gasteiger partial charge in [0.1, 0.15) is 17.3 Å². The van der Waals surface area contributed by atoms with E-state index in [0.29, 0.717) is 29.5 Å². The largest absolute Gasteiger partial charge is 0.490 e. The number of nitrogens with zero attached hydrogens (tertiary/aromatic N) is 2. The summed E-state index contributed by atoms with van der Waals surface area (Å²) in [4.78, 5) is 23.5. The molecule has 1 aliphatic heterocycles. The number of halogens is 2. The van der Waals surface area contributed by atoms with E-state index in [9.17, 15) is 18.4 Å². The van der Waals surface area contributed by atoms with Crippen LogP contribution in [0.2, 0.25) is 0 Å². The molecule has 0 saturated heterocycles. The molecule has 1 aliphatic rings.